The average Bonchev–Trinajstić information content (AvgIpc) is 3.11. The fourth-order valence-electron chi connectivity index (χ4n) is 5.37. The molecule has 0 fully saturated rings. The van der Waals surface area contributed by atoms with E-state index in [2.05, 4.69) is 47.5 Å². The summed E-state index contributed by atoms with van der Waals surface area (Å²) in [6.45, 7) is 7.41. The number of amides is 1. The number of carbonyl (C=O) groups is 2. The number of sulfonamides is 1. The number of thioether (sulfide) groups is 1. The monoisotopic (exact) mass is 790 g/mol. The number of nitrogens with zero attached hydrogens (tertiary/aromatic N) is 1. The maximum Gasteiger partial charge on any atom is 0.326 e. The van der Waals surface area contributed by atoms with Crippen molar-refractivity contribution in [3.63, 3.8) is 0 Å². The number of aliphatic carboxylic acids is 1. The second kappa shape index (κ2) is 24.0. The van der Waals surface area contributed by atoms with E-state index in [0.29, 0.717) is 24.3 Å². The number of benzene rings is 4. The van der Waals surface area contributed by atoms with Crippen molar-refractivity contribution in [2.24, 2.45) is 10.9 Å². The minimum absolute atomic E-state index is 0. The molecule has 6 N–H and O–H groups in total. The average molecular weight is 792 g/mol. The largest absolute Gasteiger partial charge is 0.480 e. The molecule has 52 heavy (non-hydrogen) atoms. The van der Waals surface area contributed by atoms with E-state index in [-0.39, 0.29) is 35.6 Å². The summed E-state index contributed by atoms with van der Waals surface area (Å²) < 4.78 is 21.6. The molecule has 1 unspecified atom stereocenters. The van der Waals surface area contributed by atoms with Crippen LogP contribution in [0.15, 0.2) is 102 Å². The highest BCUT2D eigenvalue weighted by atomic mass is 35.5. The number of carboxylic acids is 1. The van der Waals surface area contributed by atoms with Gasteiger partial charge in [0.25, 0.3) is 5.91 Å². The summed E-state index contributed by atoms with van der Waals surface area (Å²) in [5.74, 6) is -0.695. The number of halogens is 2. The fourth-order valence-corrected chi connectivity index (χ4v) is 6.36. The molecule has 0 aliphatic rings. The highest BCUT2D eigenvalue weighted by Gasteiger charge is 2.23. The third-order valence-corrected chi connectivity index (χ3v) is 9.83. The van der Waals surface area contributed by atoms with Crippen molar-refractivity contribution in [2.45, 2.75) is 63.6 Å². The van der Waals surface area contributed by atoms with Crippen molar-refractivity contribution >= 4 is 58.5 Å². The molecule has 0 radical (unpaired) electrons. The van der Waals surface area contributed by atoms with Crippen LogP contribution in [0.2, 0.25) is 0 Å². The Morgan fingerprint density at radius 1 is 0.865 bits per heavy atom. The molecule has 4 aromatic rings. The lowest BCUT2D eigenvalue weighted by molar-refractivity contribution is -0.139. The Bertz CT molecular complexity index is 1780. The number of nitrogens with two attached hydrogens (primary N) is 2. The van der Waals surface area contributed by atoms with Gasteiger partial charge in [-0.05, 0) is 102 Å². The van der Waals surface area contributed by atoms with Crippen molar-refractivity contribution in [1.29, 1.82) is 0 Å². The van der Waals surface area contributed by atoms with Gasteiger partial charge in [0.15, 0.2) is 0 Å². The first kappa shape index (κ1) is 46.6. The Morgan fingerprint density at radius 2 is 1.50 bits per heavy atom. The number of carboxylic acid groups (broad SMARTS) is 1. The van der Waals surface area contributed by atoms with Gasteiger partial charge in [-0.25, -0.2) is 18.4 Å². The number of carbonyl (C=O) groups excluding carboxylic acids is 1. The minimum Gasteiger partial charge on any atom is -0.480 e. The zero-order chi connectivity index (χ0) is 36.5. The maximum atomic E-state index is 13.4. The molecule has 0 bridgehead atoms. The summed E-state index contributed by atoms with van der Waals surface area (Å²) in [5, 5.41) is 17.3. The molecule has 0 aliphatic carbocycles. The van der Waals surface area contributed by atoms with E-state index in [1.807, 2.05) is 55.6 Å². The predicted octanol–water partition coefficient (Wildman–Crippen LogP) is 7.08. The molecule has 0 aliphatic heterocycles. The molecule has 0 saturated carbocycles. The van der Waals surface area contributed by atoms with Crippen molar-refractivity contribution in [3.8, 4) is 11.1 Å². The van der Waals surface area contributed by atoms with Crippen LogP contribution in [-0.4, -0.2) is 61.4 Å². The number of primary sulfonamides is 1. The Morgan fingerprint density at radius 3 is 2.08 bits per heavy atom. The van der Waals surface area contributed by atoms with Crippen LogP contribution in [-0.2, 0) is 34.3 Å². The van der Waals surface area contributed by atoms with Gasteiger partial charge in [-0.1, -0.05) is 86.1 Å². The van der Waals surface area contributed by atoms with Gasteiger partial charge in [0.2, 0.25) is 10.0 Å². The van der Waals surface area contributed by atoms with Crippen molar-refractivity contribution < 1.29 is 23.1 Å². The Hall–Kier alpha value is -3.42. The first-order chi connectivity index (χ1) is 24.0. The molecule has 0 saturated heterocycles. The molecular formula is C39H52Cl2N4O5S2. The molecule has 1 atom stereocenters. The summed E-state index contributed by atoms with van der Waals surface area (Å²) in [5.41, 5.74) is 12.1. The molecule has 0 spiro atoms. The highest BCUT2D eigenvalue weighted by molar-refractivity contribution is 7.98. The van der Waals surface area contributed by atoms with Crippen LogP contribution >= 0.6 is 36.6 Å². The predicted molar refractivity (Wildman–Crippen MR) is 219 cm³/mol. The van der Waals surface area contributed by atoms with Crippen LogP contribution in [0, 0.1) is 6.92 Å². The first-order valence-corrected chi connectivity index (χ1v) is 19.7. The van der Waals surface area contributed by atoms with Crippen LogP contribution in [0.25, 0.3) is 11.1 Å². The number of rotatable bonds is 17. The zero-order valence-electron chi connectivity index (χ0n) is 30.0. The topological polar surface area (TPSA) is 156 Å². The van der Waals surface area contributed by atoms with Crippen LogP contribution in [0.1, 0.15) is 58.8 Å². The van der Waals surface area contributed by atoms with Crippen molar-refractivity contribution in [2.75, 3.05) is 25.1 Å². The maximum absolute atomic E-state index is 13.4. The van der Waals surface area contributed by atoms with E-state index in [9.17, 15) is 23.1 Å². The number of hydrogen-bond acceptors (Lipinski definition) is 7. The molecule has 284 valence electrons. The SMILES string of the molecule is CCCCN(CCc1ccccc1)Cc1ccc(C(=O)NC(CCSC)C(=O)O)c(-c2ccccc2C)c1.Cl.Cl.NCc1ccc(S(N)(=O)=O)cc1. The molecule has 13 heteroatoms. The summed E-state index contributed by atoms with van der Waals surface area (Å²) in [4.78, 5) is 27.7. The van der Waals surface area contributed by atoms with Gasteiger partial charge < -0.3 is 16.2 Å². The van der Waals surface area contributed by atoms with Crippen LogP contribution < -0.4 is 16.2 Å². The van der Waals surface area contributed by atoms with Crippen LogP contribution in [0.3, 0.4) is 0 Å². The van der Waals surface area contributed by atoms with Crippen molar-refractivity contribution in [1.82, 2.24) is 10.2 Å². The van der Waals surface area contributed by atoms with Gasteiger partial charge in [0.05, 0.1) is 4.90 Å². The molecule has 9 nitrogen and oxygen atoms in total. The number of aryl methyl sites for hydroxylation is 1. The van der Waals surface area contributed by atoms with E-state index in [4.69, 9.17) is 10.9 Å². The summed E-state index contributed by atoms with van der Waals surface area (Å²) in [6.07, 6.45) is 5.57. The van der Waals surface area contributed by atoms with Gasteiger partial charge in [0.1, 0.15) is 6.04 Å². The van der Waals surface area contributed by atoms with Crippen molar-refractivity contribution in [3.05, 3.63) is 125 Å². The molecule has 1 amide bonds. The van der Waals surface area contributed by atoms with Gasteiger partial charge in [-0.2, -0.15) is 11.8 Å². The van der Waals surface area contributed by atoms with Crippen LogP contribution in [0.5, 0.6) is 0 Å². The standard InChI is InChI=1S/C32H40N2O3S.C7H10N2O2S.2ClH/c1-4-5-19-34(20-17-25-12-7-6-8-13-25)23-26-15-16-28(29(22-26)27-14-10-9-11-24(27)2)31(35)33-30(32(36)37)18-21-38-3;8-5-6-1-3-7(4-2-6)12(9,10)11;;/h6-16,22,30H,4-5,17-21,23H2,1-3H3,(H,33,35)(H,36,37);1-4H,5,8H2,(H2,9,10,11);2*1H. The van der Waals surface area contributed by atoms with E-state index in [0.717, 1.165) is 66.7 Å². The van der Waals surface area contributed by atoms with E-state index in [1.165, 1.54) is 17.7 Å². The van der Waals surface area contributed by atoms with Gasteiger partial charge in [-0.15, -0.1) is 24.8 Å². The van der Waals surface area contributed by atoms with Gasteiger partial charge in [0, 0.05) is 25.2 Å². The summed E-state index contributed by atoms with van der Waals surface area (Å²) in [6, 6.07) is 29.8. The fraction of sp³-hybridized carbons (Fsp3) is 0.333. The second-order valence-electron chi connectivity index (χ2n) is 12.1. The lowest BCUT2D eigenvalue weighted by atomic mass is 9.93. The van der Waals surface area contributed by atoms with Gasteiger partial charge >= 0.3 is 5.97 Å². The highest BCUT2D eigenvalue weighted by Crippen LogP contribution is 2.29. The lowest BCUT2D eigenvalue weighted by Gasteiger charge is -2.23. The van der Waals surface area contributed by atoms with E-state index < -0.39 is 22.0 Å². The number of nitrogens with one attached hydrogen (secondary N) is 1. The van der Waals surface area contributed by atoms with E-state index in [1.54, 1.807) is 23.9 Å². The number of hydrogen-bond donors (Lipinski definition) is 4. The summed E-state index contributed by atoms with van der Waals surface area (Å²) >= 11 is 1.57. The smallest absolute Gasteiger partial charge is 0.326 e. The molecule has 0 aromatic heterocycles. The Balaban J connectivity index is 0.000000821. The Kier molecular flexibility index (Phi) is 21.5. The van der Waals surface area contributed by atoms with Gasteiger partial charge in [-0.3, -0.25) is 9.69 Å². The van der Waals surface area contributed by atoms with Crippen LogP contribution in [0.4, 0.5) is 0 Å². The third kappa shape index (κ3) is 15.3. The first-order valence-electron chi connectivity index (χ1n) is 16.8. The quantitative estimate of drug-likeness (QED) is 0.0885. The third-order valence-electron chi connectivity index (χ3n) is 8.26. The van der Waals surface area contributed by atoms with E-state index >= 15 is 0 Å². The minimum atomic E-state index is -3.57. The molecule has 4 rings (SSSR count). The zero-order valence-corrected chi connectivity index (χ0v) is 33.3. The lowest BCUT2D eigenvalue weighted by Crippen LogP contribution is -2.41. The molecule has 0 heterocycles. The molecule has 4 aromatic carbocycles. The summed E-state index contributed by atoms with van der Waals surface area (Å²) in [7, 11) is -3.57. The number of unbranched alkanes of at least 4 members (excludes halogenated alkanes) is 1. The Labute approximate surface area is 325 Å². The normalized spacial score (nSPS) is 11.3. The second-order valence-corrected chi connectivity index (χ2v) is 14.6. The molecular weight excluding hydrogens is 739 g/mol.